The maximum Gasteiger partial charge on any atom is 0.345 e. The predicted octanol–water partition coefficient (Wildman–Crippen LogP) is 5.28. The van der Waals surface area contributed by atoms with Crippen LogP contribution in [0.15, 0.2) is 40.9 Å². The van der Waals surface area contributed by atoms with Gasteiger partial charge in [-0.1, -0.05) is 39.1 Å². The number of carbonyl (C=O) groups excluding carboxylic acids is 1. The topological polar surface area (TPSA) is 26.3 Å². The highest BCUT2D eigenvalue weighted by atomic mass is 79.9. The van der Waals surface area contributed by atoms with E-state index in [1.807, 2.05) is 6.92 Å². The largest absolute Gasteiger partial charge is 0.423 e. The van der Waals surface area contributed by atoms with E-state index in [1.54, 1.807) is 36.4 Å². The molecule has 0 atom stereocenters. The van der Waals surface area contributed by atoms with Crippen molar-refractivity contribution in [1.82, 2.24) is 0 Å². The molecule has 5 heteroatoms. The van der Waals surface area contributed by atoms with Gasteiger partial charge in [-0.25, -0.2) is 4.79 Å². The third-order valence-electron chi connectivity index (χ3n) is 2.49. The maximum absolute atomic E-state index is 12.1. The fourth-order valence-corrected chi connectivity index (χ4v) is 2.32. The van der Waals surface area contributed by atoms with Gasteiger partial charge in [-0.3, -0.25) is 0 Å². The van der Waals surface area contributed by atoms with E-state index in [9.17, 15) is 4.79 Å². The van der Waals surface area contributed by atoms with Crippen LogP contribution >= 0.6 is 39.1 Å². The van der Waals surface area contributed by atoms with E-state index >= 15 is 0 Å². The fraction of sp³-hybridized carbons (Fsp3) is 0.0714. The van der Waals surface area contributed by atoms with Gasteiger partial charge in [-0.05, 0) is 48.9 Å². The number of carbonyl (C=O) groups is 1. The molecule has 19 heavy (non-hydrogen) atoms. The fourth-order valence-electron chi connectivity index (χ4n) is 1.54. The number of ether oxygens (including phenoxy) is 1. The third-order valence-corrected chi connectivity index (χ3v) is 3.55. The second-order valence-corrected chi connectivity index (χ2v) is 5.68. The first-order chi connectivity index (χ1) is 8.97. The summed E-state index contributed by atoms with van der Waals surface area (Å²) in [5, 5.41) is 0.942. The zero-order valence-electron chi connectivity index (χ0n) is 9.91. The average molecular weight is 360 g/mol. The second-order valence-electron chi connectivity index (χ2n) is 3.92. The minimum atomic E-state index is -0.503. The summed E-state index contributed by atoms with van der Waals surface area (Å²) in [6.07, 6.45) is 0. The Balaban J connectivity index is 2.28. The summed E-state index contributed by atoms with van der Waals surface area (Å²) in [6.45, 7) is 1.82. The van der Waals surface area contributed by atoms with Crippen molar-refractivity contribution < 1.29 is 9.53 Å². The van der Waals surface area contributed by atoms with Crippen LogP contribution in [0.25, 0.3) is 0 Å². The normalized spacial score (nSPS) is 10.3. The van der Waals surface area contributed by atoms with Crippen molar-refractivity contribution in [3.63, 3.8) is 0 Å². The van der Waals surface area contributed by atoms with Gasteiger partial charge in [0.1, 0.15) is 5.75 Å². The molecule has 0 unspecified atom stereocenters. The summed E-state index contributed by atoms with van der Waals surface area (Å²) in [5.41, 5.74) is 1.09. The predicted molar refractivity (Wildman–Crippen MR) is 80.3 cm³/mol. The van der Waals surface area contributed by atoms with E-state index in [4.69, 9.17) is 27.9 Å². The third kappa shape index (κ3) is 3.50. The number of hydrogen-bond acceptors (Lipinski definition) is 2. The number of hydrogen-bond donors (Lipinski definition) is 0. The molecule has 0 heterocycles. The molecule has 0 saturated heterocycles. The quantitative estimate of drug-likeness (QED) is 0.538. The van der Waals surface area contributed by atoms with Gasteiger partial charge in [0.25, 0.3) is 0 Å². The van der Waals surface area contributed by atoms with Crippen LogP contribution < -0.4 is 4.74 Å². The molecule has 0 aliphatic rings. The zero-order valence-corrected chi connectivity index (χ0v) is 13.0. The van der Waals surface area contributed by atoms with Crippen molar-refractivity contribution in [1.29, 1.82) is 0 Å². The van der Waals surface area contributed by atoms with Crippen molar-refractivity contribution in [3.8, 4) is 5.75 Å². The van der Waals surface area contributed by atoms with Gasteiger partial charge in [-0.2, -0.15) is 0 Å². The van der Waals surface area contributed by atoms with E-state index in [0.29, 0.717) is 21.4 Å². The van der Waals surface area contributed by atoms with Crippen LogP contribution in [0.1, 0.15) is 15.9 Å². The molecule has 0 aliphatic heterocycles. The number of aryl methyl sites for hydroxylation is 1. The minimum Gasteiger partial charge on any atom is -0.423 e. The van der Waals surface area contributed by atoms with Crippen LogP contribution in [-0.2, 0) is 0 Å². The molecule has 0 saturated carbocycles. The standard InChI is InChI=1S/C14H9BrCl2O2/c1-8-6-10(16)3-5-13(8)19-14(18)11-7-9(15)2-4-12(11)17/h2-7H,1H3. The number of benzene rings is 2. The van der Waals surface area contributed by atoms with Crippen LogP contribution in [0, 0.1) is 6.92 Å². The molecule has 98 valence electrons. The van der Waals surface area contributed by atoms with E-state index in [0.717, 1.165) is 10.0 Å². The molecule has 0 bridgehead atoms. The van der Waals surface area contributed by atoms with Gasteiger partial charge in [0, 0.05) is 9.50 Å². The van der Waals surface area contributed by atoms with Crippen LogP contribution in [0.2, 0.25) is 10.0 Å². The Bertz CT molecular complexity index is 641. The summed E-state index contributed by atoms with van der Waals surface area (Å²) in [5.74, 6) is -0.0397. The Hall–Kier alpha value is -1.03. The molecule has 2 nitrogen and oxygen atoms in total. The molecule has 0 aromatic heterocycles. The molecular formula is C14H9BrCl2O2. The number of rotatable bonds is 2. The van der Waals surface area contributed by atoms with Crippen molar-refractivity contribution in [2.24, 2.45) is 0 Å². The maximum atomic E-state index is 12.1. The van der Waals surface area contributed by atoms with E-state index in [2.05, 4.69) is 15.9 Å². The molecule has 0 aliphatic carbocycles. The van der Waals surface area contributed by atoms with Crippen molar-refractivity contribution in [3.05, 3.63) is 62.0 Å². The molecule has 2 aromatic rings. The first-order valence-corrected chi connectivity index (χ1v) is 6.95. The molecule has 0 N–H and O–H groups in total. The average Bonchev–Trinajstić information content (AvgIpc) is 2.35. The molecule has 2 aromatic carbocycles. The lowest BCUT2D eigenvalue weighted by molar-refractivity contribution is 0.0733. The first-order valence-electron chi connectivity index (χ1n) is 5.41. The number of halogens is 3. The Morgan fingerprint density at radius 3 is 2.58 bits per heavy atom. The van der Waals surface area contributed by atoms with Crippen molar-refractivity contribution >= 4 is 45.1 Å². The summed E-state index contributed by atoms with van der Waals surface area (Å²) in [7, 11) is 0. The van der Waals surface area contributed by atoms with Gasteiger partial charge >= 0.3 is 5.97 Å². The zero-order chi connectivity index (χ0) is 14.0. The highest BCUT2D eigenvalue weighted by molar-refractivity contribution is 9.10. The van der Waals surface area contributed by atoms with E-state index < -0.39 is 5.97 Å². The van der Waals surface area contributed by atoms with Gasteiger partial charge < -0.3 is 4.74 Å². The Kier molecular flexibility index (Phi) is 4.50. The molecule has 0 fully saturated rings. The first kappa shape index (κ1) is 14.4. The summed E-state index contributed by atoms with van der Waals surface area (Å²) < 4.78 is 6.08. The van der Waals surface area contributed by atoms with Crippen LogP contribution in [-0.4, -0.2) is 5.97 Å². The summed E-state index contributed by atoms with van der Waals surface area (Å²) >= 11 is 15.1. The lowest BCUT2D eigenvalue weighted by atomic mass is 10.2. The van der Waals surface area contributed by atoms with E-state index in [-0.39, 0.29) is 0 Å². The lowest BCUT2D eigenvalue weighted by Gasteiger charge is -2.09. The lowest BCUT2D eigenvalue weighted by Crippen LogP contribution is -2.10. The highest BCUT2D eigenvalue weighted by Crippen LogP contribution is 2.25. The van der Waals surface area contributed by atoms with Gasteiger partial charge in [0.2, 0.25) is 0 Å². The van der Waals surface area contributed by atoms with Crippen LogP contribution in [0.3, 0.4) is 0 Å². The van der Waals surface area contributed by atoms with Crippen molar-refractivity contribution in [2.45, 2.75) is 6.92 Å². The SMILES string of the molecule is Cc1cc(Cl)ccc1OC(=O)c1cc(Br)ccc1Cl. The molecular weight excluding hydrogens is 351 g/mol. The second kappa shape index (κ2) is 5.95. The number of esters is 1. The highest BCUT2D eigenvalue weighted by Gasteiger charge is 2.14. The molecule has 0 radical (unpaired) electrons. The monoisotopic (exact) mass is 358 g/mol. The smallest absolute Gasteiger partial charge is 0.345 e. The summed E-state index contributed by atoms with van der Waals surface area (Å²) in [6, 6.07) is 10.1. The Morgan fingerprint density at radius 1 is 1.16 bits per heavy atom. The Morgan fingerprint density at radius 2 is 1.89 bits per heavy atom. The molecule has 0 spiro atoms. The van der Waals surface area contributed by atoms with Crippen molar-refractivity contribution in [2.75, 3.05) is 0 Å². The van der Waals surface area contributed by atoms with Crippen LogP contribution in [0.4, 0.5) is 0 Å². The minimum absolute atomic E-state index is 0.311. The summed E-state index contributed by atoms with van der Waals surface area (Å²) in [4.78, 5) is 12.1. The van der Waals surface area contributed by atoms with E-state index in [1.165, 1.54) is 0 Å². The molecule has 0 amide bonds. The molecule has 2 rings (SSSR count). The Labute approximate surface area is 129 Å². The van der Waals surface area contributed by atoms with Gasteiger partial charge in [0.15, 0.2) is 0 Å². The van der Waals surface area contributed by atoms with Gasteiger partial charge in [-0.15, -0.1) is 0 Å². The van der Waals surface area contributed by atoms with Gasteiger partial charge in [0.05, 0.1) is 10.6 Å². The van der Waals surface area contributed by atoms with Crippen LogP contribution in [0.5, 0.6) is 5.75 Å².